The van der Waals surface area contributed by atoms with E-state index in [0.29, 0.717) is 6.61 Å². The van der Waals surface area contributed by atoms with Crippen LogP contribution in [0, 0.1) is 0 Å². The van der Waals surface area contributed by atoms with Gasteiger partial charge in [0.1, 0.15) is 0 Å². The largest absolute Gasteiger partial charge is 0.343 e. The lowest BCUT2D eigenvalue weighted by Gasteiger charge is -2.23. The molecule has 0 amide bonds. The van der Waals surface area contributed by atoms with E-state index in [1.165, 1.54) is 25.7 Å². The first-order chi connectivity index (χ1) is 10.2. The molecule has 2 rings (SSSR count). The van der Waals surface area contributed by atoms with Crippen LogP contribution in [-0.2, 0) is 15.3 Å². The standard InChI is InChI=1S/C18H26O2S/c1-3-4-5-6-10-13-21-15-17-14-19-18(2,20-17)16-11-8-7-9-12-16/h7-13,17H,3-6,14-15H2,1-2H3. The zero-order chi connectivity index (χ0) is 15.0. The van der Waals surface area contributed by atoms with Gasteiger partial charge in [-0.1, -0.05) is 56.2 Å². The molecule has 0 saturated carbocycles. The Morgan fingerprint density at radius 1 is 1.29 bits per heavy atom. The van der Waals surface area contributed by atoms with Crippen LogP contribution >= 0.6 is 11.8 Å². The van der Waals surface area contributed by atoms with Crippen molar-refractivity contribution in [3.05, 3.63) is 47.4 Å². The Balaban J connectivity index is 1.71. The summed E-state index contributed by atoms with van der Waals surface area (Å²) in [6.07, 6.45) is 7.52. The smallest absolute Gasteiger partial charge is 0.192 e. The second-order valence-corrected chi connectivity index (χ2v) is 6.50. The molecule has 2 atom stereocenters. The highest BCUT2D eigenvalue weighted by atomic mass is 32.2. The number of thioether (sulfide) groups is 1. The van der Waals surface area contributed by atoms with Gasteiger partial charge >= 0.3 is 0 Å². The number of rotatable bonds is 8. The molecule has 116 valence electrons. The zero-order valence-corrected chi connectivity index (χ0v) is 13.9. The predicted molar refractivity (Wildman–Crippen MR) is 90.4 cm³/mol. The number of hydrogen-bond donors (Lipinski definition) is 0. The second kappa shape index (κ2) is 8.62. The fourth-order valence-corrected chi connectivity index (χ4v) is 3.19. The van der Waals surface area contributed by atoms with E-state index in [2.05, 4.69) is 30.5 Å². The van der Waals surface area contributed by atoms with E-state index in [4.69, 9.17) is 9.47 Å². The van der Waals surface area contributed by atoms with Crippen molar-refractivity contribution < 1.29 is 9.47 Å². The van der Waals surface area contributed by atoms with Crippen LogP contribution in [0.25, 0.3) is 0 Å². The summed E-state index contributed by atoms with van der Waals surface area (Å²) in [4.78, 5) is 0. The third kappa shape index (κ3) is 5.17. The summed E-state index contributed by atoms with van der Waals surface area (Å²) in [7, 11) is 0. The maximum atomic E-state index is 6.10. The molecule has 1 fully saturated rings. The van der Waals surface area contributed by atoms with Crippen molar-refractivity contribution >= 4 is 11.8 Å². The van der Waals surface area contributed by atoms with Crippen LogP contribution in [0.15, 0.2) is 41.8 Å². The van der Waals surface area contributed by atoms with Crippen LogP contribution in [0.1, 0.15) is 45.1 Å². The Morgan fingerprint density at radius 3 is 2.86 bits per heavy atom. The van der Waals surface area contributed by atoms with Gasteiger partial charge in [0.15, 0.2) is 5.79 Å². The van der Waals surface area contributed by atoms with Crippen molar-refractivity contribution in [2.24, 2.45) is 0 Å². The fourth-order valence-electron chi connectivity index (χ4n) is 2.42. The highest BCUT2D eigenvalue weighted by molar-refractivity contribution is 8.02. The molecule has 0 N–H and O–H groups in total. The molecule has 1 aliphatic rings. The van der Waals surface area contributed by atoms with Crippen molar-refractivity contribution in [3.8, 4) is 0 Å². The highest BCUT2D eigenvalue weighted by Gasteiger charge is 2.38. The molecule has 0 spiro atoms. The summed E-state index contributed by atoms with van der Waals surface area (Å²) < 4.78 is 12.0. The lowest BCUT2D eigenvalue weighted by atomic mass is 10.1. The maximum absolute atomic E-state index is 6.10. The SMILES string of the molecule is CCCCCC=CSCC1COC(C)(c2ccccc2)O1. The van der Waals surface area contributed by atoms with Crippen LogP contribution in [0.2, 0.25) is 0 Å². The third-order valence-corrected chi connectivity index (χ3v) is 4.63. The molecule has 0 radical (unpaired) electrons. The van der Waals surface area contributed by atoms with Gasteiger partial charge in [-0.15, -0.1) is 11.8 Å². The molecule has 2 unspecified atom stereocenters. The molecule has 1 aliphatic heterocycles. The molecule has 1 heterocycles. The van der Waals surface area contributed by atoms with E-state index >= 15 is 0 Å². The Labute approximate surface area is 132 Å². The average Bonchev–Trinajstić information content (AvgIpc) is 2.90. The summed E-state index contributed by atoms with van der Waals surface area (Å²) in [5.74, 6) is 0.365. The van der Waals surface area contributed by atoms with Crippen molar-refractivity contribution in [1.29, 1.82) is 0 Å². The fraction of sp³-hybridized carbons (Fsp3) is 0.556. The molecule has 21 heavy (non-hydrogen) atoms. The molecule has 2 nitrogen and oxygen atoms in total. The van der Waals surface area contributed by atoms with Gasteiger partial charge in [0.25, 0.3) is 0 Å². The Kier molecular flexibility index (Phi) is 6.81. The minimum atomic E-state index is -0.586. The second-order valence-electron chi connectivity index (χ2n) is 5.56. The molecule has 1 aromatic carbocycles. The lowest BCUT2D eigenvalue weighted by molar-refractivity contribution is -0.159. The number of benzene rings is 1. The van der Waals surface area contributed by atoms with Crippen LogP contribution < -0.4 is 0 Å². The van der Waals surface area contributed by atoms with Crippen molar-refractivity contribution in [2.75, 3.05) is 12.4 Å². The van der Waals surface area contributed by atoms with Gasteiger partial charge in [-0.25, -0.2) is 0 Å². The number of allylic oxidation sites excluding steroid dienone is 1. The van der Waals surface area contributed by atoms with E-state index in [1.54, 1.807) is 0 Å². The lowest BCUT2D eigenvalue weighted by Crippen LogP contribution is -2.24. The molecule has 0 aromatic heterocycles. The minimum absolute atomic E-state index is 0.167. The van der Waals surface area contributed by atoms with Crippen molar-refractivity contribution in [2.45, 2.75) is 51.4 Å². The summed E-state index contributed by atoms with van der Waals surface area (Å²) >= 11 is 1.82. The van der Waals surface area contributed by atoms with Gasteiger partial charge in [-0.05, 0) is 25.2 Å². The topological polar surface area (TPSA) is 18.5 Å². The first-order valence-corrected chi connectivity index (χ1v) is 8.93. The average molecular weight is 306 g/mol. The minimum Gasteiger partial charge on any atom is -0.343 e. The number of hydrogen-bond acceptors (Lipinski definition) is 3. The third-order valence-electron chi connectivity index (χ3n) is 3.68. The normalized spacial score (nSPS) is 25.7. The van der Waals surface area contributed by atoms with E-state index in [0.717, 1.165) is 11.3 Å². The van der Waals surface area contributed by atoms with Crippen LogP contribution in [-0.4, -0.2) is 18.5 Å². The zero-order valence-electron chi connectivity index (χ0n) is 13.1. The molecule has 0 bridgehead atoms. The van der Waals surface area contributed by atoms with Crippen LogP contribution in [0.5, 0.6) is 0 Å². The Bertz CT molecular complexity index is 432. The van der Waals surface area contributed by atoms with Crippen molar-refractivity contribution in [1.82, 2.24) is 0 Å². The number of unbranched alkanes of at least 4 members (excludes halogenated alkanes) is 3. The Morgan fingerprint density at radius 2 is 2.10 bits per heavy atom. The van der Waals surface area contributed by atoms with Crippen LogP contribution in [0.4, 0.5) is 0 Å². The van der Waals surface area contributed by atoms with E-state index in [9.17, 15) is 0 Å². The maximum Gasteiger partial charge on any atom is 0.192 e. The first kappa shape index (κ1) is 16.6. The van der Waals surface area contributed by atoms with Gasteiger partial charge < -0.3 is 9.47 Å². The first-order valence-electron chi connectivity index (χ1n) is 7.88. The van der Waals surface area contributed by atoms with Gasteiger partial charge in [-0.3, -0.25) is 0 Å². The molecule has 1 saturated heterocycles. The number of ether oxygens (including phenoxy) is 2. The summed E-state index contributed by atoms with van der Waals surface area (Å²) in [5.41, 5.74) is 1.09. The Hall–Kier alpha value is -0.770. The highest BCUT2D eigenvalue weighted by Crippen LogP contribution is 2.34. The molecule has 3 heteroatoms. The van der Waals surface area contributed by atoms with Gasteiger partial charge in [-0.2, -0.15) is 0 Å². The van der Waals surface area contributed by atoms with Gasteiger partial charge in [0.05, 0.1) is 12.7 Å². The quantitative estimate of drug-likeness (QED) is 0.622. The van der Waals surface area contributed by atoms with Crippen molar-refractivity contribution in [3.63, 3.8) is 0 Å². The predicted octanol–water partition coefficient (Wildman–Crippen LogP) is 5.10. The van der Waals surface area contributed by atoms with E-state index < -0.39 is 5.79 Å². The summed E-state index contributed by atoms with van der Waals surface area (Å²) in [6.45, 7) is 4.91. The van der Waals surface area contributed by atoms with Gasteiger partial charge in [0.2, 0.25) is 0 Å². The monoisotopic (exact) mass is 306 g/mol. The molecule has 0 aliphatic carbocycles. The van der Waals surface area contributed by atoms with E-state index in [1.807, 2.05) is 36.9 Å². The molecular weight excluding hydrogens is 280 g/mol. The summed E-state index contributed by atoms with van der Waals surface area (Å²) in [5, 5.41) is 2.21. The summed E-state index contributed by atoms with van der Waals surface area (Å²) in [6, 6.07) is 10.2. The molecular formula is C18H26O2S. The van der Waals surface area contributed by atoms with E-state index in [-0.39, 0.29) is 6.10 Å². The van der Waals surface area contributed by atoms with Gasteiger partial charge in [0, 0.05) is 11.3 Å². The van der Waals surface area contributed by atoms with Crippen LogP contribution in [0.3, 0.4) is 0 Å². The molecule has 1 aromatic rings.